The number of rotatable bonds is 2. The fourth-order valence-corrected chi connectivity index (χ4v) is 5.88. The number of alkyl halides is 3. The van der Waals surface area contributed by atoms with Crippen LogP contribution in [0.15, 0.2) is 17.0 Å². The SMILES string of the molecule is N=c1sc2cc(C(F)(F)F)cc3c2n1CC(CS(=O)(=O)O)S3. The molecule has 120 valence electrons. The summed E-state index contributed by atoms with van der Waals surface area (Å²) in [6.45, 7) is 0.154. The molecule has 1 aromatic carbocycles. The lowest BCUT2D eigenvalue weighted by molar-refractivity contribution is -0.137. The van der Waals surface area contributed by atoms with Crippen molar-refractivity contribution in [2.45, 2.75) is 22.9 Å². The molecule has 1 aliphatic rings. The molecule has 3 rings (SSSR count). The summed E-state index contributed by atoms with van der Waals surface area (Å²) in [4.78, 5) is 0.329. The second-order valence-electron chi connectivity index (χ2n) is 4.83. The van der Waals surface area contributed by atoms with Crippen LogP contribution in [0, 0.1) is 5.41 Å². The van der Waals surface area contributed by atoms with Crippen LogP contribution in [0.3, 0.4) is 0 Å². The third-order valence-electron chi connectivity index (χ3n) is 3.17. The van der Waals surface area contributed by atoms with Crippen LogP contribution in [0.25, 0.3) is 10.2 Å². The average Bonchev–Trinajstić information content (AvgIpc) is 2.63. The summed E-state index contributed by atoms with van der Waals surface area (Å²) >= 11 is 1.90. The highest BCUT2D eigenvalue weighted by atomic mass is 32.2. The van der Waals surface area contributed by atoms with Gasteiger partial charge in [0, 0.05) is 16.7 Å². The molecule has 1 aliphatic heterocycles. The van der Waals surface area contributed by atoms with Crippen molar-refractivity contribution in [1.82, 2.24) is 4.57 Å². The third-order valence-corrected chi connectivity index (χ3v) is 6.36. The highest BCUT2D eigenvalue weighted by molar-refractivity contribution is 8.01. The first-order valence-corrected chi connectivity index (χ1v) is 9.26. The molecule has 0 radical (unpaired) electrons. The zero-order valence-electron chi connectivity index (χ0n) is 10.7. The lowest BCUT2D eigenvalue weighted by Crippen LogP contribution is -2.29. The number of hydrogen-bond donors (Lipinski definition) is 2. The molecule has 0 amide bonds. The van der Waals surface area contributed by atoms with Crippen molar-refractivity contribution < 1.29 is 26.1 Å². The van der Waals surface area contributed by atoms with Gasteiger partial charge in [-0.2, -0.15) is 21.6 Å². The molecule has 0 fully saturated rings. The predicted molar refractivity (Wildman–Crippen MR) is 76.7 cm³/mol. The van der Waals surface area contributed by atoms with E-state index in [0.717, 1.165) is 35.2 Å². The van der Waals surface area contributed by atoms with E-state index >= 15 is 0 Å². The molecule has 0 saturated heterocycles. The van der Waals surface area contributed by atoms with E-state index in [9.17, 15) is 21.6 Å². The van der Waals surface area contributed by atoms with Crippen LogP contribution in [0.4, 0.5) is 13.2 Å². The average molecular weight is 370 g/mol. The monoisotopic (exact) mass is 370 g/mol. The lowest BCUT2D eigenvalue weighted by Gasteiger charge is -2.23. The van der Waals surface area contributed by atoms with Crippen molar-refractivity contribution in [2.75, 3.05) is 5.75 Å². The molecule has 5 nitrogen and oxygen atoms in total. The van der Waals surface area contributed by atoms with Crippen LogP contribution in [0.2, 0.25) is 0 Å². The van der Waals surface area contributed by atoms with Crippen LogP contribution in [-0.4, -0.2) is 28.5 Å². The first kappa shape index (κ1) is 15.8. The fraction of sp³-hybridized carbons (Fsp3) is 0.364. The Kier molecular flexibility index (Phi) is 3.59. The van der Waals surface area contributed by atoms with E-state index in [1.165, 1.54) is 4.57 Å². The quantitative estimate of drug-likeness (QED) is 0.796. The first-order valence-electron chi connectivity index (χ1n) is 5.95. The van der Waals surface area contributed by atoms with Gasteiger partial charge in [0.25, 0.3) is 10.1 Å². The van der Waals surface area contributed by atoms with Crippen LogP contribution in [0.1, 0.15) is 5.56 Å². The van der Waals surface area contributed by atoms with Crippen LogP contribution in [0.5, 0.6) is 0 Å². The number of halogens is 3. The number of thioether (sulfide) groups is 1. The third kappa shape index (κ3) is 2.90. The Bertz CT molecular complexity index is 914. The van der Waals surface area contributed by atoms with Gasteiger partial charge < -0.3 is 4.57 Å². The molecule has 0 saturated carbocycles. The topological polar surface area (TPSA) is 83.2 Å². The van der Waals surface area contributed by atoms with E-state index in [1.807, 2.05) is 0 Å². The smallest absolute Gasteiger partial charge is 0.315 e. The molecule has 2 N–H and O–H groups in total. The number of hydrogen-bond acceptors (Lipinski definition) is 5. The van der Waals surface area contributed by atoms with Gasteiger partial charge in [-0.15, -0.1) is 11.8 Å². The maximum Gasteiger partial charge on any atom is 0.416 e. The number of nitrogens with one attached hydrogen (secondary N) is 1. The van der Waals surface area contributed by atoms with E-state index < -0.39 is 32.9 Å². The number of benzene rings is 1. The van der Waals surface area contributed by atoms with E-state index in [4.69, 9.17) is 9.96 Å². The molecular formula is C11H9F3N2O3S3. The Balaban J connectivity index is 2.16. The molecule has 0 spiro atoms. The largest absolute Gasteiger partial charge is 0.416 e. The molecule has 11 heteroatoms. The van der Waals surface area contributed by atoms with Gasteiger partial charge in [-0.25, -0.2) is 0 Å². The minimum Gasteiger partial charge on any atom is -0.315 e. The Morgan fingerprint density at radius 2 is 2.09 bits per heavy atom. The van der Waals surface area contributed by atoms with Crippen LogP contribution >= 0.6 is 23.1 Å². The van der Waals surface area contributed by atoms with Gasteiger partial charge in [-0.3, -0.25) is 9.96 Å². The van der Waals surface area contributed by atoms with Gasteiger partial charge in [0.15, 0.2) is 4.80 Å². The molecule has 2 aromatic rings. The molecule has 0 bridgehead atoms. The standard InChI is InChI=1S/C11H9F3N2O3S3/c12-11(13,14)5-1-7-9-8(2-5)21-10(15)16(9)3-6(20-7)4-22(17,18)19/h1-2,6,15H,3-4H2,(H,17,18,19). The van der Waals surface area contributed by atoms with Crippen molar-refractivity contribution in [3.8, 4) is 0 Å². The molecule has 1 atom stereocenters. The van der Waals surface area contributed by atoms with Gasteiger partial charge in [0.2, 0.25) is 0 Å². The van der Waals surface area contributed by atoms with Crippen LogP contribution in [-0.2, 0) is 22.8 Å². The highest BCUT2D eigenvalue weighted by Gasteiger charge is 2.34. The number of thiazole rings is 1. The summed E-state index contributed by atoms with van der Waals surface area (Å²) in [5.74, 6) is -0.572. The minimum absolute atomic E-state index is 0.0520. The van der Waals surface area contributed by atoms with Crippen molar-refractivity contribution in [3.05, 3.63) is 22.5 Å². The zero-order chi connectivity index (χ0) is 16.3. The minimum atomic E-state index is -4.52. The summed E-state index contributed by atoms with van der Waals surface area (Å²) in [7, 11) is -4.24. The molecule has 0 aliphatic carbocycles. The molecule has 2 heterocycles. The molecular weight excluding hydrogens is 361 g/mol. The zero-order valence-corrected chi connectivity index (χ0v) is 13.2. The van der Waals surface area contributed by atoms with Crippen molar-refractivity contribution in [1.29, 1.82) is 5.41 Å². The summed E-state index contributed by atoms with van der Waals surface area (Å²) in [5, 5.41) is 7.22. The summed E-state index contributed by atoms with van der Waals surface area (Å²) in [6, 6.07) is 1.97. The fourth-order valence-electron chi connectivity index (χ4n) is 2.36. The summed E-state index contributed by atoms with van der Waals surface area (Å²) in [5.41, 5.74) is -0.317. The van der Waals surface area contributed by atoms with E-state index in [0.29, 0.717) is 10.2 Å². The van der Waals surface area contributed by atoms with E-state index in [2.05, 4.69) is 0 Å². The summed E-state index contributed by atoms with van der Waals surface area (Å²) < 4.78 is 71.6. The highest BCUT2D eigenvalue weighted by Crippen LogP contribution is 2.41. The second kappa shape index (κ2) is 4.98. The Hall–Kier alpha value is -1.04. The van der Waals surface area contributed by atoms with Gasteiger partial charge in [-0.05, 0) is 12.1 Å². The first-order chi connectivity index (χ1) is 10.0. The van der Waals surface area contributed by atoms with E-state index in [-0.39, 0.29) is 16.2 Å². The van der Waals surface area contributed by atoms with Gasteiger partial charge in [-0.1, -0.05) is 11.3 Å². The lowest BCUT2D eigenvalue weighted by atomic mass is 10.2. The van der Waals surface area contributed by atoms with Crippen LogP contribution < -0.4 is 4.80 Å². The molecule has 1 aromatic heterocycles. The Morgan fingerprint density at radius 1 is 1.41 bits per heavy atom. The van der Waals surface area contributed by atoms with Gasteiger partial charge >= 0.3 is 6.18 Å². The normalized spacial score (nSPS) is 18.8. The van der Waals surface area contributed by atoms with Gasteiger partial charge in [0.05, 0.1) is 21.5 Å². The second-order valence-corrected chi connectivity index (χ2v) is 8.70. The maximum absolute atomic E-state index is 12.9. The maximum atomic E-state index is 12.9. The van der Waals surface area contributed by atoms with Crippen molar-refractivity contribution >= 4 is 43.4 Å². The molecule has 22 heavy (non-hydrogen) atoms. The Morgan fingerprint density at radius 3 is 2.68 bits per heavy atom. The van der Waals surface area contributed by atoms with Gasteiger partial charge in [0.1, 0.15) is 0 Å². The number of nitrogens with zero attached hydrogens (tertiary/aromatic N) is 1. The molecule has 1 unspecified atom stereocenters. The summed E-state index contributed by atoms with van der Waals surface area (Å²) in [6.07, 6.45) is -4.52. The van der Waals surface area contributed by atoms with Crippen molar-refractivity contribution in [2.24, 2.45) is 0 Å². The number of aromatic nitrogens is 1. The Labute approximate surface area is 131 Å². The van der Waals surface area contributed by atoms with E-state index in [1.54, 1.807) is 0 Å². The van der Waals surface area contributed by atoms with Crippen molar-refractivity contribution in [3.63, 3.8) is 0 Å². The predicted octanol–water partition coefficient (Wildman–Crippen LogP) is 2.56.